The molecule has 1 rings (SSSR count). The largest absolute Gasteiger partial charge is 0.399 e. The Bertz CT molecular complexity index is 364. The van der Waals surface area contributed by atoms with Gasteiger partial charge in [-0.1, -0.05) is 13.8 Å². The van der Waals surface area contributed by atoms with Crippen molar-refractivity contribution in [3.63, 3.8) is 0 Å². The fourth-order valence-corrected chi connectivity index (χ4v) is 2.15. The standard InChI is InChI=1S/C11H16N2OS/c1-7(2)15-10-5-4-8(12)6-9(10)11(14)13-3/h4-7H,12H2,1-3H3,(H,13,14). The van der Waals surface area contributed by atoms with E-state index in [1.165, 1.54) is 0 Å². The molecule has 1 aromatic rings. The van der Waals surface area contributed by atoms with Gasteiger partial charge in [-0.15, -0.1) is 11.8 Å². The van der Waals surface area contributed by atoms with Gasteiger partial charge >= 0.3 is 0 Å². The highest BCUT2D eigenvalue weighted by molar-refractivity contribution is 8.00. The first kappa shape index (κ1) is 11.9. The van der Waals surface area contributed by atoms with E-state index in [0.717, 1.165) is 4.90 Å². The first-order valence-electron chi connectivity index (χ1n) is 4.83. The summed E-state index contributed by atoms with van der Waals surface area (Å²) in [6, 6.07) is 5.42. The zero-order chi connectivity index (χ0) is 11.4. The van der Waals surface area contributed by atoms with Crippen LogP contribution in [0.5, 0.6) is 0 Å². The minimum absolute atomic E-state index is 0.0922. The Morgan fingerprint density at radius 1 is 1.47 bits per heavy atom. The highest BCUT2D eigenvalue weighted by atomic mass is 32.2. The number of hydrogen-bond acceptors (Lipinski definition) is 3. The Morgan fingerprint density at radius 3 is 2.67 bits per heavy atom. The number of thioether (sulfide) groups is 1. The van der Waals surface area contributed by atoms with E-state index in [9.17, 15) is 4.79 Å². The molecule has 0 atom stereocenters. The Kier molecular flexibility index (Phi) is 4.03. The molecule has 0 heterocycles. The van der Waals surface area contributed by atoms with Crippen LogP contribution in [-0.4, -0.2) is 18.2 Å². The summed E-state index contributed by atoms with van der Waals surface area (Å²) in [6.07, 6.45) is 0. The first-order valence-corrected chi connectivity index (χ1v) is 5.71. The molecular formula is C11H16N2OS. The van der Waals surface area contributed by atoms with Crippen LogP contribution in [0.3, 0.4) is 0 Å². The van der Waals surface area contributed by atoms with E-state index in [0.29, 0.717) is 16.5 Å². The minimum atomic E-state index is -0.0922. The molecule has 0 spiro atoms. The van der Waals surface area contributed by atoms with Crippen LogP contribution >= 0.6 is 11.8 Å². The van der Waals surface area contributed by atoms with E-state index >= 15 is 0 Å². The summed E-state index contributed by atoms with van der Waals surface area (Å²) >= 11 is 1.66. The molecule has 0 aliphatic carbocycles. The van der Waals surface area contributed by atoms with E-state index in [-0.39, 0.29) is 5.91 Å². The van der Waals surface area contributed by atoms with Crippen molar-refractivity contribution < 1.29 is 4.79 Å². The van der Waals surface area contributed by atoms with Crippen LogP contribution in [0.2, 0.25) is 0 Å². The molecule has 0 fully saturated rings. The molecule has 15 heavy (non-hydrogen) atoms. The van der Waals surface area contributed by atoms with Gasteiger partial charge in [0.15, 0.2) is 0 Å². The molecule has 0 radical (unpaired) electrons. The Labute approximate surface area is 94.4 Å². The SMILES string of the molecule is CNC(=O)c1cc(N)ccc1SC(C)C. The lowest BCUT2D eigenvalue weighted by molar-refractivity contribution is 0.0960. The van der Waals surface area contributed by atoms with Crippen molar-refractivity contribution in [1.29, 1.82) is 0 Å². The van der Waals surface area contributed by atoms with Crippen molar-refractivity contribution >= 4 is 23.4 Å². The van der Waals surface area contributed by atoms with Crippen LogP contribution in [0, 0.1) is 0 Å². The number of benzene rings is 1. The molecule has 0 aromatic heterocycles. The van der Waals surface area contributed by atoms with Gasteiger partial charge in [0.2, 0.25) is 0 Å². The summed E-state index contributed by atoms with van der Waals surface area (Å²) in [6.45, 7) is 4.18. The van der Waals surface area contributed by atoms with E-state index in [2.05, 4.69) is 19.2 Å². The van der Waals surface area contributed by atoms with Crippen LogP contribution in [0.15, 0.2) is 23.1 Å². The summed E-state index contributed by atoms with van der Waals surface area (Å²) in [5.74, 6) is -0.0922. The lowest BCUT2D eigenvalue weighted by Gasteiger charge is -2.10. The minimum Gasteiger partial charge on any atom is -0.399 e. The molecule has 4 heteroatoms. The number of rotatable bonds is 3. The van der Waals surface area contributed by atoms with E-state index < -0.39 is 0 Å². The van der Waals surface area contributed by atoms with Crippen molar-refractivity contribution in [2.24, 2.45) is 0 Å². The average Bonchev–Trinajstić information content (AvgIpc) is 2.19. The zero-order valence-electron chi connectivity index (χ0n) is 9.20. The summed E-state index contributed by atoms with van der Waals surface area (Å²) in [5.41, 5.74) is 6.92. The second-order valence-electron chi connectivity index (χ2n) is 3.50. The highest BCUT2D eigenvalue weighted by Crippen LogP contribution is 2.28. The average molecular weight is 224 g/mol. The summed E-state index contributed by atoms with van der Waals surface area (Å²) < 4.78 is 0. The number of anilines is 1. The molecular weight excluding hydrogens is 208 g/mol. The quantitative estimate of drug-likeness (QED) is 0.611. The van der Waals surface area contributed by atoms with Gasteiger partial charge in [0, 0.05) is 22.9 Å². The number of carbonyl (C=O) groups is 1. The smallest absolute Gasteiger partial charge is 0.252 e. The Morgan fingerprint density at radius 2 is 2.13 bits per heavy atom. The molecule has 0 saturated heterocycles. The monoisotopic (exact) mass is 224 g/mol. The molecule has 0 unspecified atom stereocenters. The van der Waals surface area contributed by atoms with Gasteiger partial charge < -0.3 is 11.1 Å². The van der Waals surface area contributed by atoms with Gasteiger partial charge in [0.25, 0.3) is 5.91 Å². The highest BCUT2D eigenvalue weighted by Gasteiger charge is 2.11. The lowest BCUT2D eigenvalue weighted by atomic mass is 10.2. The van der Waals surface area contributed by atoms with Crippen molar-refractivity contribution in [2.45, 2.75) is 24.0 Å². The summed E-state index contributed by atoms with van der Waals surface area (Å²) in [5, 5.41) is 3.06. The van der Waals surface area contributed by atoms with Gasteiger partial charge in [0.05, 0.1) is 5.56 Å². The van der Waals surface area contributed by atoms with Gasteiger partial charge in [-0.2, -0.15) is 0 Å². The maximum atomic E-state index is 11.6. The third-order valence-corrected chi connectivity index (χ3v) is 2.92. The number of nitrogens with two attached hydrogens (primary N) is 1. The second kappa shape index (κ2) is 5.07. The van der Waals surface area contributed by atoms with Gasteiger partial charge in [0.1, 0.15) is 0 Å². The van der Waals surface area contributed by atoms with E-state index in [1.54, 1.807) is 24.9 Å². The number of amides is 1. The van der Waals surface area contributed by atoms with Crippen LogP contribution in [-0.2, 0) is 0 Å². The van der Waals surface area contributed by atoms with Crippen molar-refractivity contribution in [1.82, 2.24) is 5.32 Å². The number of hydrogen-bond donors (Lipinski definition) is 2. The zero-order valence-corrected chi connectivity index (χ0v) is 10.0. The molecule has 3 N–H and O–H groups in total. The molecule has 1 amide bonds. The Hall–Kier alpha value is -1.16. The van der Waals surface area contributed by atoms with Crippen molar-refractivity contribution in [2.75, 3.05) is 12.8 Å². The summed E-state index contributed by atoms with van der Waals surface area (Å²) in [7, 11) is 1.62. The molecule has 1 aromatic carbocycles. The van der Waals surface area contributed by atoms with Crippen LogP contribution in [0.25, 0.3) is 0 Å². The third kappa shape index (κ3) is 3.16. The van der Waals surface area contributed by atoms with Crippen LogP contribution in [0.1, 0.15) is 24.2 Å². The fraction of sp³-hybridized carbons (Fsp3) is 0.364. The Balaban J connectivity index is 3.08. The van der Waals surface area contributed by atoms with E-state index in [1.807, 2.05) is 12.1 Å². The molecule has 0 aliphatic rings. The van der Waals surface area contributed by atoms with Crippen molar-refractivity contribution in [3.05, 3.63) is 23.8 Å². The van der Waals surface area contributed by atoms with Crippen LogP contribution < -0.4 is 11.1 Å². The molecule has 3 nitrogen and oxygen atoms in total. The third-order valence-electron chi connectivity index (χ3n) is 1.84. The second-order valence-corrected chi connectivity index (χ2v) is 5.12. The maximum absolute atomic E-state index is 11.6. The first-order chi connectivity index (χ1) is 7.04. The predicted molar refractivity (Wildman–Crippen MR) is 65.2 cm³/mol. The van der Waals surface area contributed by atoms with Crippen LogP contribution in [0.4, 0.5) is 5.69 Å². The van der Waals surface area contributed by atoms with Gasteiger partial charge in [-0.05, 0) is 18.2 Å². The molecule has 82 valence electrons. The molecule has 0 bridgehead atoms. The van der Waals surface area contributed by atoms with E-state index in [4.69, 9.17) is 5.73 Å². The molecule has 0 saturated carbocycles. The molecule has 0 aliphatic heterocycles. The van der Waals surface area contributed by atoms with Gasteiger partial charge in [-0.25, -0.2) is 0 Å². The number of nitrogens with one attached hydrogen (secondary N) is 1. The normalized spacial score (nSPS) is 10.4. The number of nitrogen functional groups attached to an aromatic ring is 1. The van der Waals surface area contributed by atoms with Crippen molar-refractivity contribution in [3.8, 4) is 0 Å². The maximum Gasteiger partial charge on any atom is 0.252 e. The van der Waals surface area contributed by atoms with Gasteiger partial charge in [-0.3, -0.25) is 4.79 Å². The number of carbonyl (C=O) groups excluding carboxylic acids is 1. The topological polar surface area (TPSA) is 55.1 Å². The summed E-state index contributed by atoms with van der Waals surface area (Å²) in [4.78, 5) is 12.6. The predicted octanol–water partition coefficient (Wildman–Crippen LogP) is 2.13. The lowest BCUT2D eigenvalue weighted by Crippen LogP contribution is -2.19. The fourth-order valence-electron chi connectivity index (χ4n) is 1.22.